The van der Waals surface area contributed by atoms with Crippen LogP contribution in [0.1, 0.15) is 25.0 Å². The minimum atomic E-state index is 0.151. The maximum Gasteiger partial charge on any atom is 0.140 e. The Morgan fingerprint density at radius 1 is 1.47 bits per heavy atom. The Morgan fingerprint density at radius 3 is 2.60 bits per heavy atom. The van der Waals surface area contributed by atoms with Gasteiger partial charge in [0.25, 0.3) is 0 Å². The molecule has 0 aliphatic heterocycles. The van der Waals surface area contributed by atoms with Crippen LogP contribution in [0.15, 0.2) is 12.1 Å². The zero-order chi connectivity index (χ0) is 11.4. The molecule has 0 saturated carbocycles. The molecule has 15 heavy (non-hydrogen) atoms. The van der Waals surface area contributed by atoms with E-state index in [2.05, 4.69) is 6.07 Å². The van der Waals surface area contributed by atoms with Crippen molar-refractivity contribution in [3.05, 3.63) is 28.3 Å². The zero-order valence-electron chi connectivity index (χ0n) is 9.51. The number of hydrogen-bond acceptors (Lipinski definition) is 2. The molecule has 2 nitrogen and oxygen atoms in total. The first-order valence-electron chi connectivity index (χ1n) is 5.22. The van der Waals surface area contributed by atoms with Gasteiger partial charge in [0.05, 0.1) is 11.6 Å². The van der Waals surface area contributed by atoms with Crippen LogP contribution in [0.3, 0.4) is 0 Å². The van der Waals surface area contributed by atoms with Crippen LogP contribution in [-0.4, -0.2) is 12.6 Å². The van der Waals surface area contributed by atoms with E-state index in [1.807, 2.05) is 26.8 Å². The van der Waals surface area contributed by atoms with Gasteiger partial charge in [-0.25, -0.2) is 0 Å². The standard InChI is InChI=1S/C12H18ClNO/c1-4-15-12-8(2)5-10(6-9(3)14)7-11(12)13/h5,7,9H,4,6,14H2,1-3H3. The predicted molar refractivity (Wildman–Crippen MR) is 64.7 cm³/mol. The maximum atomic E-state index is 6.13. The van der Waals surface area contributed by atoms with Crippen LogP contribution < -0.4 is 10.5 Å². The van der Waals surface area contributed by atoms with Gasteiger partial charge in [-0.15, -0.1) is 0 Å². The van der Waals surface area contributed by atoms with Crippen molar-refractivity contribution in [2.75, 3.05) is 6.61 Å². The summed E-state index contributed by atoms with van der Waals surface area (Å²) in [7, 11) is 0. The smallest absolute Gasteiger partial charge is 0.140 e. The molecule has 1 aromatic carbocycles. The van der Waals surface area contributed by atoms with Gasteiger partial charge in [0.1, 0.15) is 5.75 Å². The molecule has 3 heteroatoms. The molecule has 1 rings (SSSR count). The molecule has 1 atom stereocenters. The summed E-state index contributed by atoms with van der Waals surface area (Å²) in [6, 6.07) is 4.17. The summed E-state index contributed by atoms with van der Waals surface area (Å²) in [5, 5.41) is 0.674. The first-order valence-corrected chi connectivity index (χ1v) is 5.59. The lowest BCUT2D eigenvalue weighted by Gasteiger charge is -2.12. The Labute approximate surface area is 96.4 Å². The Morgan fingerprint density at radius 2 is 2.13 bits per heavy atom. The zero-order valence-corrected chi connectivity index (χ0v) is 10.3. The molecule has 0 heterocycles. The average molecular weight is 228 g/mol. The Kier molecular flexibility index (Phi) is 4.43. The molecule has 0 aliphatic carbocycles. The van der Waals surface area contributed by atoms with E-state index in [0.717, 1.165) is 23.3 Å². The Balaban J connectivity index is 2.97. The molecule has 1 unspecified atom stereocenters. The predicted octanol–water partition coefficient (Wildman–Crippen LogP) is 2.94. The van der Waals surface area contributed by atoms with Gasteiger partial charge >= 0.3 is 0 Å². The largest absolute Gasteiger partial charge is 0.492 e. The number of ether oxygens (including phenoxy) is 1. The van der Waals surface area contributed by atoms with E-state index in [4.69, 9.17) is 22.1 Å². The molecule has 2 N–H and O–H groups in total. The van der Waals surface area contributed by atoms with Crippen LogP contribution in [0.5, 0.6) is 5.75 Å². The number of halogens is 1. The highest BCUT2D eigenvalue weighted by Gasteiger charge is 2.08. The molecule has 0 amide bonds. The highest BCUT2D eigenvalue weighted by atomic mass is 35.5. The van der Waals surface area contributed by atoms with E-state index in [-0.39, 0.29) is 6.04 Å². The van der Waals surface area contributed by atoms with Crippen molar-refractivity contribution in [1.82, 2.24) is 0 Å². The van der Waals surface area contributed by atoms with Crippen LogP contribution in [0.25, 0.3) is 0 Å². The number of aryl methyl sites for hydroxylation is 1. The third kappa shape index (κ3) is 3.40. The van der Waals surface area contributed by atoms with Gasteiger partial charge in [-0.05, 0) is 44.4 Å². The van der Waals surface area contributed by atoms with Crippen molar-refractivity contribution < 1.29 is 4.74 Å². The molecular formula is C12H18ClNO. The molecule has 1 aromatic rings. The number of hydrogen-bond donors (Lipinski definition) is 1. The van der Waals surface area contributed by atoms with Crippen LogP contribution in [0.4, 0.5) is 0 Å². The molecule has 0 radical (unpaired) electrons. The van der Waals surface area contributed by atoms with E-state index in [9.17, 15) is 0 Å². The lowest BCUT2D eigenvalue weighted by Crippen LogP contribution is -2.17. The molecule has 0 saturated heterocycles. The highest BCUT2D eigenvalue weighted by Crippen LogP contribution is 2.30. The van der Waals surface area contributed by atoms with Gasteiger partial charge in [0.15, 0.2) is 0 Å². The average Bonchev–Trinajstić information content (AvgIpc) is 2.10. The fraction of sp³-hybridized carbons (Fsp3) is 0.500. The number of benzene rings is 1. The molecule has 0 bridgehead atoms. The van der Waals surface area contributed by atoms with E-state index < -0.39 is 0 Å². The SMILES string of the molecule is CCOc1c(C)cc(CC(C)N)cc1Cl. The second-order valence-electron chi connectivity index (χ2n) is 3.84. The van der Waals surface area contributed by atoms with Crippen molar-refractivity contribution in [2.24, 2.45) is 5.73 Å². The van der Waals surface area contributed by atoms with Gasteiger partial charge in [-0.3, -0.25) is 0 Å². The summed E-state index contributed by atoms with van der Waals surface area (Å²) in [6.45, 7) is 6.57. The third-order valence-electron chi connectivity index (χ3n) is 2.14. The minimum Gasteiger partial charge on any atom is -0.492 e. The van der Waals surface area contributed by atoms with E-state index >= 15 is 0 Å². The molecule has 0 spiro atoms. The fourth-order valence-electron chi connectivity index (χ4n) is 1.62. The summed E-state index contributed by atoms with van der Waals surface area (Å²) < 4.78 is 5.46. The Bertz CT molecular complexity index is 313. The maximum absolute atomic E-state index is 6.13. The van der Waals surface area contributed by atoms with Gasteiger partial charge < -0.3 is 10.5 Å². The fourth-order valence-corrected chi connectivity index (χ4v) is 1.96. The lowest BCUT2D eigenvalue weighted by atomic mass is 10.0. The molecule has 0 fully saturated rings. The summed E-state index contributed by atoms with van der Waals surface area (Å²) in [6.07, 6.45) is 0.840. The quantitative estimate of drug-likeness (QED) is 0.859. The lowest BCUT2D eigenvalue weighted by molar-refractivity contribution is 0.338. The molecular weight excluding hydrogens is 210 g/mol. The molecule has 84 valence electrons. The van der Waals surface area contributed by atoms with Crippen molar-refractivity contribution in [2.45, 2.75) is 33.2 Å². The van der Waals surface area contributed by atoms with Gasteiger partial charge in [0.2, 0.25) is 0 Å². The monoisotopic (exact) mass is 227 g/mol. The van der Waals surface area contributed by atoms with Crippen LogP contribution in [0.2, 0.25) is 5.02 Å². The summed E-state index contributed by atoms with van der Waals surface area (Å²) in [5.41, 5.74) is 7.98. The normalized spacial score (nSPS) is 12.6. The Hall–Kier alpha value is -0.730. The molecule has 0 aromatic heterocycles. The summed E-state index contributed by atoms with van der Waals surface area (Å²) in [4.78, 5) is 0. The number of nitrogens with two attached hydrogens (primary N) is 1. The highest BCUT2D eigenvalue weighted by molar-refractivity contribution is 6.32. The van der Waals surface area contributed by atoms with Gasteiger partial charge in [-0.1, -0.05) is 17.7 Å². The summed E-state index contributed by atoms with van der Waals surface area (Å²) in [5.74, 6) is 0.785. The van der Waals surface area contributed by atoms with Crippen molar-refractivity contribution in [3.8, 4) is 5.75 Å². The second-order valence-corrected chi connectivity index (χ2v) is 4.25. The topological polar surface area (TPSA) is 35.2 Å². The molecule has 0 aliphatic rings. The van der Waals surface area contributed by atoms with E-state index in [1.54, 1.807) is 0 Å². The summed E-state index contributed by atoms with van der Waals surface area (Å²) >= 11 is 6.13. The second kappa shape index (κ2) is 5.38. The van der Waals surface area contributed by atoms with Gasteiger partial charge in [-0.2, -0.15) is 0 Å². The third-order valence-corrected chi connectivity index (χ3v) is 2.42. The minimum absolute atomic E-state index is 0.151. The van der Waals surface area contributed by atoms with E-state index in [0.29, 0.717) is 11.6 Å². The number of rotatable bonds is 4. The van der Waals surface area contributed by atoms with Crippen LogP contribution in [-0.2, 0) is 6.42 Å². The van der Waals surface area contributed by atoms with Crippen LogP contribution >= 0.6 is 11.6 Å². The van der Waals surface area contributed by atoms with Crippen LogP contribution in [0, 0.1) is 6.92 Å². The van der Waals surface area contributed by atoms with Gasteiger partial charge in [0, 0.05) is 6.04 Å². The van der Waals surface area contributed by atoms with Crippen molar-refractivity contribution >= 4 is 11.6 Å². The first kappa shape index (κ1) is 12.3. The van der Waals surface area contributed by atoms with Crippen molar-refractivity contribution in [1.29, 1.82) is 0 Å². The van der Waals surface area contributed by atoms with Crippen molar-refractivity contribution in [3.63, 3.8) is 0 Å². The first-order chi connectivity index (χ1) is 7.04. The van der Waals surface area contributed by atoms with E-state index in [1.165, 1.54) is 0 Å².